The Morgan fingerprint density at radius 2 is 2.33 bits per heavy atom. The van der Waals surface area contributed by atoms with E-state index in [2.05, 4.69) is 15.9 Å². The second-order valence-corrected chi connectivity index (χ2v) is 1.09. The quantitative estimate of drug-likeness (QED) is 0.417. The first-order valence-corrected chi connectivity index (χ1v) is 2.09. The van der Waals surface area contributed by atoms with Gasteiger partial charge in [0.05, 0.1) is 9.91 Å². The summed E-state index contributed by atoms with van der Waals surface area (Å²) in [5.74, 6) is 0. The van der Waals surface area contributed by atoms with E-state index in [-0.39, 0.29) is 0 Å². The Balaban J connectivity index is 3.30. The zero-order chi connectivity index (χ0) is 4.99. The maximum atomic E-state index is 9.29. The molecule has 0 saturated carbocycles. The van der Waals surface area contributed by atoms with Gasteiger partial charge < -0.3 is 0 Å². The standard InChI is InChI=1S/C2H2BrNO2/c3-1-2-4(5)6/h1-2H/b2-1+. The molecule has 0 fully saturated rings. The van der Waals surface area contributed by atoms with Gasteiger partial charge in [0.1, 0.15) is 0 Å². The van der Waals surface area contributed by atoms with Crippen LogP contribution in [0.15, 0.2) is 11.2 Å². The Morgan fingerprint density at radius 3 is 2.33 bits per heavy atom. The van der Waals surface area contributed by atoms with Crippen LogP contribution in [-0.2, 0) is 0 Å². The fourth-order valence-corrected chi connectivity index (χ4v) is 0.239. The lowest BCUT2D eigenvalue weighted by Gasteiger charge is -1.68. The second kappa shape index (κ2) is 2.84. The second-order valence-electron chi connectivity index (χ2n) is 0.560. The number of halogens is 1. The highest BCUT2D eigenvalue weighted by Gasteiger charge is 1.75. The van der Waals surface area contributed by atoms with Crippen LogP contribution >= 0.6 is 15.9 Å². The average Bonchev–Trinajstić information content (AvgIpc) is 1.35. The molecule has 0 N–H and O–H groups in total. The van der Waals surface area contributed by atoms with Crippen LogP contribution in [0.4, 0.5) is 0 Å². The van der Waals surface area contributed by atoms with Crippen molar-refractivity contribution in [2.24, 2.45) is 0 Å². The number of hydrogen-bond donors (Lipinski definition) is 0. The van der Waals surface area contributed by atoms with Gasteiger partial charge in [-0.05, 0) is 0 Å². The van der Waals surface area contributed by atoms with Gasteiger partial charge in [0.25, 0.3) is 0 Å². The van der Waals surface area contributed by atoms with E-state index in [1.807, 2.05) is 0 Å². The van der Waals surface area contributed by atoms with Gasteiger partial charge in [0, 0.05) is 0 Å². The van der Waals surface area contributed by atoms with Gasteiger partial charge in [0.2, 0.25) is 6.20 Å². The van der Waals surface area contributed by atoms with Gasteiger partial charge in [-0.25, -0.2) is 0 Å². The lowest BCUT2D eigenvalue weighted by molar-refractivity contribution is -0.402. The zero-order valence-electron chi connectivity index (χ0n) is 2.80. The smallest absolute Gasteiger partial charge is 0.241 e. The molecule has 6 heavy (non-hydrogen) atoms. The molecule has 0 aromatic rings. The molecule has 0 aromatic carbocycles. The van der Waals surface area contributed by atoms with E-state index in [1.54, 1.807) is 0 Å². The summed E-state index contributed by atoms with van der Waals surface area (Å²) < 4.78 is 0. The van der Waals surface area contributed by atoms with Gasteiger partial charge in [-0.2, -0.15) is 0 Å². The van der Waals surface area contributed by atoms with Gasteiger partial charge in [0.15, 0.2) is 0 Å². The molecule has 0 atom stereocenters. The van der Waals surface area contributed by atoms with E-state index in [0.717, 1.165) is 6.20 Å². The SMILES string of the molecule is O=[N+]([O-])/C=C/Br. The van der Waals surface area contributed by atoms with Crippen LogP contribution in [0.1, 0.15) is 0 Å². The summed E-state index contributed by atoms with van der Waals surface area (Å²) in [5, 5.41) is 9.29. The van der Waals surface area contributed by atoms with Crippen LogP contribution in [0.25, 0.3) is 0 Å². The average molecular weight is 152 g/mol. The van der Waals surface area contributed by atoms with E-state index in [4.69, 9.17) is 0 Å². The maximum Gasteiger partial charge on any atom is 0.241 e. The van der Waals surface area contributed by atoms with Crippen LogP contribution in [0, 0.1) is 10.1 Å². The van der Waals surface area contributed by atoms with Crippen LogP contribution in [0.3, 0.4) is 0 Å². The zero-order valence-corrected chi connectivity index (χ0v) is 4.38. The van der Waals surface area contributed by atoms with Gasteiger partial charge in [-0.1, -0.05) is 15.9 Å². The number of nitrogens with zero attached hydrogens (tertiary/aromatic N) is 1. The van der Waals surface area contributed by atoms with Crippen LogP contribution in [0.5, 0.6) is 0 Å². The Morgan fingerprint density at radius 1 is 1.83 bits per heavy atom. The summed E-state index contributed by atoms with van der Waals surface area (Å²) >= 11 is 2.73. The highest BCUT2D eigenvalue weighted by atomic mass is 79.9. The Hall–Kier alpha value is -0.380. The van der Waals surface area contributed by atoms with Crippen molar-refractivity contribution in [1.82, 2.24) is 0 Å². The minimum absolute atomic E-state index is 0.547. The van der Waals surface area contributed by atoms with Crippen LogP contribution in [0.2, 0.25) is 0 Å². The largest absolute Gasteiger partial charge is 0.259 e. The van der Waals surface area contributed by atoms with Crippen molar-refractivity contribution in [3.05, 3.63) is 21.3 Å². The van der Waals surface area contributed by atoms with E-state index in [1.165, 1.54) is 4.99 Å². The molecule has 0 saturated heterocycles. The molecule has 0 spiro atoms. The van der Waals surface area contributed by atoms with Crippen LogP contribution in [-0.4, -0.2) is 4.92 Å². The summed E-state index contributed by atoms with van der Waals surface area (Å²) in [6, 6.07) is 0. The predicted molar refractivity (Wildman–Crippen MR) is 25.1 cm³/mol. The third kappa shape index (κ3) is 3.62. The van der Waals surface area contributed by atoms with E-state index >= 15 is 0 Å². The van der Waals surface area contributed by atoms with Crippen molar-refractivity contribution >= 4 is 15.9 Å². The summed E-state index contributed by atoms with van der Waals surface area (Å²) in [5.41, 5.74) is 0. The molecule has 0 aliphatic carbocycles. The highest BCUT2D eigenvalue weighted by molar-refractivity contribution is 9.11. The molecule has 3 nitrogen and oxygen atoms in total. The third-order valence-electron chi connectivity index (χ3n) is 0.178. The van der Waals surface area contributed by atoms with Gasteiger partial charge in [-0.3, -0.25) is 10.1 Å². The van der Waals surface area contributed by atoms with Gasteiger partial charge >= 0.3 is 0 Å². The number of hydrogen-bond acceptors (Lipinski definition) is 2. The first kappa shape index (κ1) is 5.62. The fourth-order valence-electron chi connectivity index (χ4n) is 0.0460. The molecule has 0 aliphatic rings. The van der Waals surface area contributed by atoms with Crippen molar-refractivity contribution in [1.29, 1.82) is 0 Å². The molecule has 0 amide bonds. The van der Waals surface area contributed by atoms with Crippen molar-refractivity contribution in [2.45, 2.75) is 0 Å². The fraction of sp³-hybridized carbons (Fsp3) is 0. The van der Waals surface area contributed by atoms with Crippen molar-refractivity contribution in [3.63, 3.8) is 0 Å². The Kier molecular flexibility index (Phi) is 2.66. The summed E-state index contributed by atoms with van der Waals surface area (Å²) in [6.07, 6.45) is 0.806. The lowest BCUT2D eigenvalue weighted by atomic mass is 11.1. The summed E-state index contributed by atoms with van der Waals surface area (Å²) in [6.45, 7) is 0. The van der Waals surface area contributed by atoms with E-state index < -0.39 is 4.92 Å². The summed E-state index contributed by atoms with van der Waals surface area (Å²) in [4.78, 5) is 9.93. The molecule has 4 heteroatoms. The molecule has 0 unspecified atom stereocenters. The molecule has 34 valence electrons. The van der Waals surface area contributed by atoms with Crippen LogP contribution < -0.4 is 0 Å². The van der Waals surface area contributed by atoms with Crippen molar-refractivity contribution in [3.8, 4) is 0 Å². The molecular formula is C2H2BrNO2. The van der Waals surface area contributed by atoms with E-state index in [0.29, 0.717) is 0 Å². The minimum atomic E-state index is -0.547. The predicted octanol–water partition coefficient (Wildman–Crippen LogP) is 1.13. The molecule has 0 aromatic heterocycles. The first-order valence-electron chi connectivity index (χ1n) is 1.17. The molecular weight excluding hydrogens is 150 g/mol. The Bertz CT molecular complexity index is 79.6. The Labute approximate surface area is 42.9 Å². The maximum absolute atomic E-state index is 9.29. The first-order chi connectivity index (χ1) is 2.77. The molecule has 0 heterocycles. The van der Waals surface area contributed by atoms with Gasteiger partial charge in [-0.15, -0.1) is 0 Å². The third-order valence-corrected chi connectivity index (χ3v) is 0.414. The minimum Gasteiger partial charge on any atom is -0.259 e. The van der Waals surface area contributed by atoms with Crippen molar-refractivity contribution < 1.29 is 4.92 Å². The van der Waals surface area contributed by atoms with E-state index in [9.17, 15) is 10.1 Å². The van der Waals surface area contributed by atoms with Crippen molar-refractivity contribution in [2.75, 3.05) is 0 Å². The number of nitro groups is 1. The lowest BCUT2D eigenvalue weighted by Crippen LogP contribution is -1.78. The molecule has 0 radical (unpaired) electrons. The normalized spacial score (nSPS) is 9.50. The highest BCUT2D eigenvalue weighted by Crippen LogP contribution is 1.80. The molecule has 0 bridgehead atoms. The monoisotopic (exact) mass is 151 g/mol. The summed E-state index contributed by atoms with van der Waals surface area (Å²) in [7, 11) is 0. The molecule has 0 aliphatic heterocycles. The number of rotatable bonds is 1. The molecule has 0 rings (SSSR count). The topological polar surface area (TPSA) is 43.1 Å².